The fraction of sp³-hybridized carbons (Fsp3) is 0.350. The van der Waals surface area contributed by atoms with Gasteiger partial charge in [-0.15, -0.1) is 0 Å². The van der Waals surface area contributed by atoms with Crippen LogP contribution in [0.15, 0.2) is 53.5 Å². The van der Waals surface area contributed by atoms with Crippen LogP contribution in [0.5, 0.6) is 5.75 Å². The number of ether oxygens (including phenoxy) is 1. The van der Waals surface area contributed by atoms with E-state index in [1.807, 2.05) is 55.3 Å². The molecule has 1 aliphatic rings. The van der Waals surface area contributed by atoms with Gasteiger partial charge < -0.3 is 15.4 Å². The zero-order valence-electron chi connectivity index (χ0n) is 15.0. The molecular weight excluding hydrogens is 336 g/mol. The van der Waals surface area contributed by atoms with Gasteiger partial charge in [0.05, 0.1) is 6.54 Å². The SMILES string of the molecule is CCCc1cc([C@@]2(c3ccccc3)CN(C)C(N)=N2)ccc1OC(F)F. The van der Waals surface area contributed by atoms with Crippen LogP contribution >= 0.6 is 0 Å². The second-order valence-corrected chi connectivity index (χ2v) is 6.50. The van der Waals surface area contributed by atoms with Gasteiger partial charge in [0, 0.05) is 7.05 Å². The maximum absolute atomic E-state index is 12.7. The fourth-order valence-corrected chi connectivity index (χ4v) is 3.45. The van der Waals surface area contributed by atoms with E-state index in [4.69, 9.17) is 15.5 Å². The van der Waals surface area contributed by atoms with Crippen molar-refractivity contribution in [2.75, 3.05) is 13.6 Å². The van der Waals surface area contributed by atoms with Gasteiger partial charge in [0.15, 0.2) is 5.96 Å². The number of alkyl halides is 2. The molecule has 138 valence electrons. The number of nitrogens with two attached hydrogens (primary N) is 1. The van der Waals surface area contributed by atoms with Gasteiger partial charge in [0.2, 0.25) is 0 Å². The first-order valence-electron chi connectivity index (χ1n) is 8.66. The molecule has 0 unspecified atom stereocenters. The fourth-order valence-electron chi connectivity index (χ4n) is 3.45. The lowest BCUT2D eigenvalue weighted by Gasteiger charge is -2.29. The largest absolute Gasteiger partial charge is 0.435 e. The molecule has 0 saturated heterocycles. The molecule has 26 heavy (non-hydrogen) atoms. The van der Waals surface area contributed by atoms with Crippen molar-refractivity contribution in [3.05, 3.63) is 65.2 Å². The Kier molecular flexibility index (Phi) is 5.11. The van der Waals surface area contributed by atoms with E-state index >= 15 is 0 Å². The number of nitrogens with zero attached hydrogens (tertiary/aromatic N) is 2. The summed E-state index contributed by atoms with van der Waals surface area (Å²) >= 11 is 0. The number of hydrogen-bond donors (Lipinski definition) is 1. The van der Waals surface area contributed by atoms with Crippen LogP contribution in [0.25, 0.3) is 0 Å². The van der Waals surface area contributed by atoms with Crippen molar-refractivity contribution in [2.45, 2.75) is 31.9 Å². The average Bonchev–Trinajstić information content (AvgIpc) is 2.93. The molecule has 0 aromatic heterocycles. The highest BCUT2D eigenvalue weighted by atomic mass is 19.3. The molecule has 0 bridgehead atoms. The maximum Gasteiger partial charge on any atom is 0.387 e. The first-order valence-corrected chi connectivity index (χ1v) is 8.66. The summed E-state index contributed by atoms with van der Waals surface area (Å²) in [5.74, 6) is 0.677. The molecule has 0 radical (unpaired) electrons. The summed E-state index contributed by atoms with van der Waals surface area (Å²) in [6.07, 6.45) is 1.47. The van der Waals surface area contributed by atoms with Crippen molar-refractivity contribution in [1.29, 1.82) is 0 Å². The van der Waals surface area contributed by atoms with E-state index in [1.54, 1.807) is 12.1 Å². The third-order valence-electron chi connectivity index (χ3n) is 4.69. The first-order chi connectivity index (χ1) is 12.5. The van der Waals surface area contributed by atoms with Crippen molar-refractivity contribution in [1.82, 2.24) is 4.90 Å². The molecule has 4 nitrogen and oxygen atoms in total. The molecule has 0 aliphatic carbocycles. The van der Waals surface area contributed by atoms with E-state index in [9.17, 15) is 8.78 Å². The zero-order valence-corrected chi connectivity index (χ0v) is 15.0. The van der Waals surface area contributed by atoms with Gasteiger partial charge >= 0.3 is 6.61 Å². The summed E-state index contributed by atoms with van der Waals surface area (Å²) < 4.78 is 30.1. The van der Waals surface area contributed by atoms with Crippen molar-refractivity contribution >= 4 is 5.96 Å². The molecule has 0 amide bonds. The summed E-state index contributed by atoms with van der Waals surface area (Å²) in [5, 5.41) is 0. The van der Waals surface area contributed by atoms with E-state index in [1.165, 1.54) is 0 Å². The highest BCUT2D eigenvalue weighted by molar-refractivity contribution is 5.81. The maximum atomic E-state index is 12.7. The Bertz CT molecular complexity index is 795. The minimum Gasteiger partial charge on any atom is -0.435 e. The Morgan fingerprint density at radius 1 is 1.19 bits per heavy atom. The second kappa shape index (κ2) is 7.32. The van der Waals surface area contributed by atoms with E-state index < -0.39 is 12.2 Å². The van der Waals surface area contributed by atoms with Crippen LogP contribution < -0.4 is 10.5 Å². The van der Waals surface area contributed by atoms with Gasteiger partial charge in [-0.1, -0.05) is 49.7 Å². The molecule has 1 atom stereocenters. The number of halogens is 2. The molecule has 1 heterocycles. The molecule has 2 aromatic rings. The average molecular weight is 359 g/mol. The molecule has 1 aliphatic heterocycles. The highest BCUT2D eigenvalue weighted by Crippen LogP contribution is 2.40. The van der Waals surface area contributed by atoms with Crippen LogP contribution in [-0.4, -0.2) is 31.1 Å². The number of likely N-dealkylation sites (N-methyl/N-ethyl adjacent to an activating group) is 1. The normalized spacial score (nSPS) is 19.7. The van der Waals surface area contributed by atoms with Crippen LogP contribution in [0, 0.1) is 0 Å². The first kappa shape index (κ1) is 18.2. The number of guanidine groups is 1. The Hall–Kier alpha value is -2.63. The minimum absolute atomic E-state index is 0.220. The van der Waals surface area contributed by atoms with Gasteiger partial charge in [-0.25, -0.2) is 4.99 Å². The van der Waals surface area contributed by atoms with Crippen molar-refractivity contribution in [3.63, 3.8) is 0 Å². The molecule has 6 heteroatoms. The van der Waals surface area contributed by atoms with Gasteiger partial charge in [0.25, 0.3) is 0 Å². The lowest BCUT2D eigenvalue weighted by molar-refractivity contribution is -0.0504. The molecule has 2 N–H and O–H groups in total. The van der Waals surface area contributed by atoms with Gasteiger partial charge in [-0.3, -0.25) is 0 Å². The van der Waals surface area contributed by atoms with Crippen molar-refractivity contribution < 1.29 is 13.5 Å². The molecule has 2 aromatic carbocycles. The molecule has 0 fully saturated rings. The summed E-state index contributed by atoms with van der Waals surface area (Å²) in [4.78, 5) is 6.66. The predicted molar refractivity (Wildman–Crippen MR) is 98.5 cm³/mol. The Morgan fingerprint density at radius 3 is 2.50 bits per heavy atom. The van der Waals surface area contributed by atoms with Gasteiger partial charge in [-0.05, 0) is 35.2 Å². The predicted octanol–water partition coefficient (Wildman–Crippen LogP) is 3.74. The van der Waals surface area contributed by atoms with E-state index in [-0.39, 0.29) is 5.75 Å². The Morgan fingerprint density at radius 2 is 1.92 bits per heavy atom. The van der Waals surface area contributed by atoms with Crippen LogP contribution in [-0.2, 0) is 12.0 Å². The third kappa shape index (κ3) is 3.36. The minimum atomic E-state index is -2.84. The second-order valence-electron chi connectivity index (χ2n) is 6.50. The third-order valence-corrected chi connectivity index (χ3v) is 4.69. The van der Waals surface area contributed by atoms with Gasteiger partial charge in [-0.2, -0.15) is 8.78 Å². The van der Waals surface area contributed by atoms with Crippen LogP contribution in [0.2, 0.25) is 0 Å². The Labute approximate surface area is 152 Å². The number of benzene rings is 2. The summed E-state index contributed by atoms with van der Waals surface area (Å²) in [5.41, 5.74) is 8.09. The van der Waals surface area contributed by atoms with Crippen LogP contribution in [0.4, 0.5) is 8.78 Å². The van der Waals surface area contributed by atoms with Crippen LogP contribution in [0.1, 0.15) is 30.0 Å². The topological polar surface area (TPSA) is 50.8 Å². The molecular formula is C20H23F2N3O. The smallest absolute Gasteiger partial charge is 0.387 e. The van der Waals surface area contributed by atoms with E-state index in [0.29, 0.717) is 18.9 Å². The molecule has 0 spiro atoms. The van der Waals surface area contributed by atoms with E-state index in [0.717, 1.165) is 23.1 Å². The number of rotatable bonds is 6. The summed E-state index contributed by atoms with van der Waals surface area (Å²) in [7, 11) is 1.89. The van der Waals surface area contributed by atoms with Crippen molar-refractivity contribution in [3.8, 4) is 5.75 Å². The van der Waals surface area contributed by atoms with E-state index in [2.05, 4.69) is 0 Å². The zero-order chi connectivity index (χ0) is 18.7. The lowest BCUT2D eigenvalue weighted by atomic mass is 9.82. The number of aliphatic imine (C=N–C) groups is 1. The highest BCUT2D eigenvalue weighted by Gasteiger charge is 2.41. The van der Waals surface area contributed by atoms with Crippen LogP contribution in [0.3, 0.4) is 0 Å². The molecule has 3 rings (SSSR count). The monoisotopic (exact) mass is 359 g/mol. The quantitative estimate of drug-likeness (QED) is 0.855. The Balaban J connectivity index is 2.12. The number of aryl methyl sites for hydroxylation is 1. The number of hydrogen-bond acceptors (Lipinski definition) is 4. The molecule has 0 saturated carbocycles. The lowest BCUT2D eigenvalue weighted by Crippen LogP contribution is -2.34. The van der Waals surface area contributed by atoms with Gasteiger partial charge in [0.1, 0.15) is 11.3 Å². The summed E-state index contributed by atoms with van der Waals surface area (Å²) in [6, 6.07) is 15.2. The summed E-state index contributed by atoms with van der Waals surface area (Å²) in [6.45, 7) is -0.250. The standard InChI is InChI=1S/C20H23F2N3O/c1-3-7-14-12-16(10-11-17(14)26-18(21)22)20(13-25(2)19(23)24-20)15-8-5-4-6-9-15/h4-6,8-12,18H,3,7,13H2,1-2H3,(H2,23,24)/t20-/m0/s1. The van der Waals surface area contributed by atoms with Crippen molar-refractivity contribution in [2.24, 2.45) is 10.7 Å².